The van der Waals surface area contributed by atoms with Crippen LogP contribution in [-0.2, 0) is 71.3 Å². The fraction of sp³-hybridized carbons (Fsp3) is 0.774. The van der Waals surface area contributed by atoms with Crippen LogP contribution >= 0.6 is 12.2 Å². The van der Waals surface area contributed by atoms with Crippen LogP contribution in [0.3, 0.4) is 0 Å². The summed E-state index contributed by atoms with van der Waals surface area (Å²) < 4.78 is 58.0. The maximum Gasteiger partial charge on any atom is 0.329 e. The number of ether oxygens (including phenoxy) is 10. The van der Waals surface area contributed by atoms with Gasteiger partial charge < -0.3 is 62.5 Å². The molecule has 2 N–H and O–H groups in total. The van der Waals surface area contributed by atoms with Crippen LogP contribution in [0.2, 0.25) is 0 Å². The number of cyclic esters (lactones) is 1. The fourth-order valence-electron chi connectivity index (χ4n) is 11.5. The Morgan fingerprint density at radius 2 is 1.48 bits per heavy atom. The zero-order valence-corrected chi connectivity index (χ0v) is 51.3. The van der Waals surface area contributed by atoms with E-state index in [2.05, 4.69) is 0 Å². The molecule has 2 bridgehead atoms. The lowest BCUT2D eigenvalue weighted by molar-refractivity contribution is -0.265. The van der Waals surface area contributed by atoms with Crippen molar-refractivity contribution in [2.45, 2.75) is 193 Å². The van der Waals surface area contributed by atoms with E-state index in [9.17, 15) is 34.2 Å². The SMILES string of the molecule is COCCOCCOCCOCCCC(=S)O[C@@H]1CC[C@@H](C[C@@H](C)[C@@H]2CC(=O)[C@H](C)/C=C(\C)[C@@H](O)[C@@H](OC)C(=O)[C@H](C)C[C@H](C)/C=C/C=C/C=C(\C)[C@@H](OC)C[C@@H]3CC[C@@H](C)[C@@](O)(O3)C(=O)C(=O)N3CCCC[C@H]3C(=O)O2)C[C@H]1OC. The van der Waals surface area contributed by atoms with E-state index in [4.69, 9.17) is 59.6 Å². The number of allylic oxidation sites excluding steroid dienone is 6. The Labute approximate surface area is 488 Å². The number of carbonyl (C=O) groups is 5. The summed E-state index contributed by atoms with van der Waals surface area (Å²) in [6.45, 7) is 16.3. The summed E-state index contributed by atoms with van der Waals surface area (Å²) >= 11 is 5.65. The van der Waals surface area contributed by atoms with E-state index in [-0.39, 0.29) is 60.9 Å². The second-order valence-corrected chi connectivity index (χ2v) is 23.4. The molecule has 0 aromatic heterocycles. The van der Waals surface area contributed by atoms with Crippen molar-refractivity contribution in [1.82, 2.24) is 4.90 Å². The topological polar surface area (TPSA) is 221 Å². The highest BCUT2D eigenvalue weighted by Gasteiger charge is 2.53. The molecule has 1 saturated carbocycles. The number of rotatable bonds is 20. The molecule has 3 fully saturated rings. The quantitative estimate of drug-likeness (QED) is 0.0387. The van der Waals surface area contributed by atoms with Crippen LogP contribution in [-0.4, -0.2) is 185 Å². The Morgan fingerprint density at radius 3 is 2.15 bits per heavy atom. The number of methoxy groups -OCH3 is 4. The highest BCUT2D eigenvalue weighted by atomic mass is 32.1. The van der Waals surface area contributed by atoms with Gasteiger partial charge in [0.05, 0.1) is 58.0 Å². The summed E-state index contributed by atoms with van der Waals surface area (Å²) in [5, 5.41) is 24.1. The summed E-state index contributed by atoms with van der Waals surface area (Å²) in [6, 6.07) is -1.16. The van der Waals surface area contributed by atoms with Crippen molar-refractivity contribution < 1.29 is 81.6 Å². The second kappa shape index (κ2) is 36.3. The minimum absolute atomic E-state index is 0.00611. The van der Waals surface area contributed by atoms with Gasteiger partial charge in [0.15, 0.2) is 10.8 Å². The van der Waals surface area contributed by atoms with Crippen molar-refractivity contribution in [2.75, 3.05) is 81.2 Å². The Bertz CT molecular complexity index is 2110. The van der Waals surface area contributed by atoms with Gasteiger partial charge in [-0.05, 0) is 126 Å². The number of hydrogen-bond acceptors (Lipinski definition) is 18. The third-order valence-corrected chi connectivity index (χ3v) is 16.9. The van der Waals surface area contributed by atoms with Crippen molar-refractivity contribution in [3.63, 3.8) is 0 Å². The van der Waals surface area contributed by atoms with E-state index >= 15 is 0 Å². The maximum absolute atomic E-state index is 14.6. The summed E-state index contributed by atoms with van der Waals surface area (Å²) in [6.07, 6.45) is 12.8. The average molecular weight is 1160 g/mol. The van der Waals surface area contributed by atoms with Crippen LogP contribution in [0.4, 0.5) is 0 Å². The van der Waals surface area contributed by atoms with Crippen molar-refractivity contribution in [1.29, 1.82) is 0 Å². The van der Waals surface area contributed by atoms with E-state index < -0.39 is 77.8 Å². The summed E-state index contributed by atoms with van der Waals surface area (Å²) in [5.41, 5.74) is 1.26. The summed E-state index contributed by atoms with van der Waals surface area (Å²) in [5.74, 6) is -8.13. The first-order valence-corrected chi connectivity index (χ1v) is 30.0. The number of carbonyl (C=O) groups excluding carboxylic acids is 5. The molecule has 3 heterocycles. The van der Waals surface area contributed by atoms with Crippen LogP contribution in [0.15, 0.2) is 47.6 Å². The maximum atomic E-state index is 14.6. The van der Waals surface area contributed by atoms with Crippen LogP contribution in [0.1, 0.15) is 138 Å². The van der Waals surface area contributed by atoms with E-state index in [1.165, 1.54) is 12.0 Å². The third kappa shape index (κ3) is 22.1. The van der Waals surface area contributed by atoms with E-state index in [0.717, 1.165) is 12.0 Å². The zero-order valence-electron chi connectivity index (χ0n) is 50.5. The number of ketones is 3. The second-order valence-electron chi connectivity index (χ2n) is 23.0. The predicted octanol–water partition coefficient (Wildman–Crippen LogP) is 8.01. The molecule has 1 aliphatic carbocycles. The molecule has 0 radical (unpaired) electrons. The predicted molar refractivity (Wildman–Crippen MR) is 310 cm³/mol. The average Bonchev–Trinajstić information content (AvgIpc) is 3.56. The molecule has 0 spiro atoms. The summed E-state index contributed by atoms with van der Waals surface area (Å²) in [4.78, 5) is 72.9. The van der Waals surface area contributed by atoms with Gasteiger partial charge in [-0.1, -0.05) is 71.1 Å². The first-order valence-electron chi connectivity index (χ1n) is 29.6. The van der Waals surface area contributed by atoms with Crippen LogP contribution < -0.4 is 0 Å². The lowest BCUT2D eigenvalue weighted by atomic mass is 9.78. The van der Waals surface area contributed by atoms with Gasteiger partial charge in [0.25, 0.3) is 11.7 Å². The number of esters is 1. The van der Waals surface area contributed by atoms with Crippen LogP contribution in [0, 0.1) is 35.5 Å². The van der Waals surface area contributed by atoms with Gasteiger partial charge in [0.2, 0.25) is 5.79 Å². The van der Waals surface area contributed by atoms with Gasteiger partial charge in [-0.15, -0.1) is 0 Å². The van der Waals surface area contributed by atoms with Crippen molar-refractivity contribution in [2.24, 2.45) is 35.5 Å². The molecule has 4 rings (SSSR count). The number of nitrogens with zero attached hydrogens (tertiary/aromatic N) is 1. The van der Waals surface area contributed by atoms with Gasteiger partial charge >= 0.3 is 5.97 Å². The number of aliphatic hydroxyl groups excluding tert-OH is 1. The van der Waals surface area contributed by atoms with E-state index in [1.54, 1.807) is 48.2 Å². The Kier molecular flexibility index (Phi) is 31.3. The molecule has 2 saturated heterocycles. The molecule has 460 valence electrons. The smallest absolute Gasteiger partial charge is 0.329 e. The first kappa shape index (κ1) is 69.9. The number of aliphatic hydroxyl groups is 2. The minimum atomic E-state index is -2.45. The number of piperidine rings is 1. The highest BCUT2D eigenvalue weighted by Crippen LogP contribution is 2.38. The molecule has 18 nitrogen and oxygen atoms in total. The minimum Gasteiger partial charge on any atom is -0.481 e. The molecule has 4 aliphatic rings. The largest absolute Gasteiger partial charge is 0.481 e. The van der Waals surface area contributed by atoms with Crippen LogP contribution in [0.25, 0.3) is 0 Å². The lowest BCUT2D eigenvalue weighted by Gasteiger charge is -2.42. The number of Topliss-reactive ketones (excluding diaryl/α,β-unsaturated/α-hetero) is 3. The number of amides is 1. The molecule has 0 aromatic rings. The van der Waals surface area contributed by atoms with Crippen molar-refractivity contribution in [3.05, 3.63) is 47.6 Å². The Hall–Kier alpha value is -3.60. The molecular formula is C62H99NO17S. The molecule has 81 heavy (non-hydrogen) atoms. The van der Waals surface area contributed by atoms with E-state index in [0.29, 0.717) is 128 Å². The van der Waals surface area contributed by atoms with Gasteiger partial charge in [0.1, 0.15) is 36.2 Å². The Morgan fingerprint density at radius 1 is 0.790 bits per heavy atom. The molecule has 15 atom stereocenters. The molecule has 3 aliphatic heterocycles. The molecule has 0 aromatic carbocycles. The van der Waals surface area contributed by atoms with Crippen LogP contribution in [0.5, 0.6) is 0 Å². The van der Waals surface area contributed by atoms with E-state index in [1.807, 2.05) is 58.1 Å². The van der Waals surface area contributed by atoms with Gasteiger partial charge in [-0.3, -0.25) is 19.2 Å². The van der Waals surface area contributed by atoms with Gasteiger partial charge in [-0.2, -0.15) is 0 Å². The Balaban J connectivity index is 1.55. The molecular weight excluding hydrogens is 1060 g/mol. The highest BCUT2D eigenvalue weighted by molar-refractivity contribution is 7.80. The normalized spacial score (nSPS) is 34.7. The summed E-state index contributed by atoms with van der Waals surface area (Å²) in [7, 11) is 6.24. The first-order chi connectivity index (χ1) is 38.7. The van der Waals surface area contributed by atoms with Crippen molar-refractivity contribution in [3.8, 4) is 0 Å². The fourth-order valence-corrected chi connectivity index (χ4v) is 11.7. The lowest BCUT2D eigenvalue weighted by Crippen LogP contribution is -2.61. The molecule has 1 amide bonds. The molecule has 19 heteroatoms. The van der Waals surface area contributed by atoms with Crippen molar-refractivity contribution >= 4 is 46.5 Å². The number of hydrogen-bond donors (Lipinski definition) is 2. The standard InChI is InChI=1S/C62H99NO17S/c1-40-18-13-12-14-19-41(2)52(72-9)38-48-24-22-46(7)62(70,80-48)59(67)60(68)63-26-16-15-20-49(63)61(69)79-53(39-50(64)42(3)35-45(6)57(66)58(74-11)56(65)44(5)34-40)43(4)36-47-23-25-51(54(37-47)73-10)78-55(81)21-17-27-75-30-31-77-33-32-76-29-28-71-8/h12-14,18-19,35,40,42-44,46-49,51-54,57-58,66,70H,15-17,20-34,36-39H2,1-11H3/b14-12+,18-13+,41-19+,45-35+/t40-,42-,43-,44-,46-,47+,48+,49+,51-,52+,53+,54-,57-,58+,62-/m1/s1. The van der Waals surface area contributed by atoms with Gasteiger partial charge in [0, 0.05) is 78.6 Å². The molecule has 0 unspecified atom stereocenters. The third-order valence-electron chi connectivity index (χ3n) is 16.6. The zero-order chi connectivity index (χ0) is 59.6. The van der Waals surface area contributed by atoms with Gasteiger partial charge in [-0.25, -0.2) is 4.79 Å². The monoisotopic (exact) mass is 1160 g/mol. The number of thiocarbonyl (C=S) groups is 1. The number of fused-ring (bicyclic) bond motifs is 3.